The van der Waals surface area contributed by atoms with Crippen LogP contribution in [-0.2, 0) is 9.53 Å². The van der Waals surface area contributed by atoms with Crippen molar-refractivity contribution in [1.82, 2.24) is 15.5 Å². The summed E-state index contributed by atoms with van der Waals surface area (Å²) in [5.41, 5.74) is 0. The summed E-state index contributed by atoms with van der Waals surface area (Å²) in [5, 5.41) is 6.15. The molecule has 0 rings (SSSR count). The molecule has 0 saturated carbocycles. The van der Waals surface area contributed by atoms with Crippen molar-refractivity contribution in [2.45, 2.75) is 32.4 Å². The van der Waals surface area contributed by atoms with Gasteiger partial charge in [-0.1, -0.05) is 0 Å². The Morgan fingerprint density at radius 3 is 2.53 bits per heavy atom. The molecule has 5 nitrogen and oxygen atoms in total. The van der Waals surface area contributed by atoms with Gasteiger partial charge in [-0.15, -0.1) is 0 Å². The van der Waals surface area contributed by atoms with Crippen molar-refractivity contribution < 1.29 is 9.53 Å². The van der Waals surface area contributed by atoms with Gasteiger partial charge in [-0.2, -0.15) is 0 Å². The third-order valence-corrected chi connectivity index (χ3v) is 2.39. The molecule has 0 spiro atoms. The summed E-state index contributed by atoms with van der Waals surface area (Å²) in [6.07, 6.45) is 0.849. The van der Waals surface area contributed by atoms with Crippen molar-refractivity contribution in [3.05, 3.63) is 0 Å². The second-order valence-electron chi connectivity index (χ2n) is 4.69. The van der Waals surface area contributed by atoms with Gasteiger partial charge in [-0.25, -0.2) is 0 Å². The lowest BCUT2D eigenvalue weighted by atomic mass is 10.2. The fraction of sp³-hybridized carbons (Fsp3) is 0.917. The molecule has 1 amide bonds. The number of amides is 1. The van der Waals surface area contributed by atoms with Crippen LogP contribution < -0.4 is 10.6 Å². The summed E-state index contributed by atoms with van der Waals surface area (Å²) in [6, 6.07) is 0.136. The first-order valence-corrected chi connectivity index (χ1v) is 6.14. The van der Waals surface area contributed by atoms with Gasteiger partial charge in [0.15, 0.2) is 0 Å². The van der Waals surface area contributed by atoms with Gasteiger partial charge in [0.1, 0.15) is 0 Å². The molecule has 0 aromatic carbocycles. The summed E-state index contributed by atoms with van der Waals surface area (Å²) < 4.78 is 4.92. The number of hydrogen-bond donors (Lipinski definition) is 2. The molecule has 2 atom stereocenters. The summed E-state index contributed by atoms with van der Waals surface area (Å²) in [4.78, 5) is 13.8. The monoisotopic (exact) mass is 245 g/mol. The van der Waals surface area contributed by atoms with Crippen molar-refractivity contribution in [1.29, 1.82) is 0 Å². The summed E-state index contributed by atoms with van der Waals surface area (Å²) in [5.74, 6) is 0.0479. The predicted octanol–water partition coefficient (Wildman–Crippen LogP) is 0.0673. The topological polar surface area (TPSA) is 53.6 Å². The van der Waals surface area contributed by atoms with Crippen LogP contribution in [0.4, 0.5) is 0 Å². The van der Waals surface area contributed by atoms with E-state index >= 15 is 0 Å². The van der Waals surface area contributed by atoms with Crippen LogP contribution in [0.1, 0.15) is 20.3 Å². The van der Waals surface area contributed by atoms with Crippen LogP contribution in [0.3, 0.4) is 0 Å². The largest absolute Gasteiger partial charge is 0.385 e. The lowest BCUT2D eigenvalue weighted by Gasteiger charge is -2.22. The third-order valence-electron chi connectivity index (χ3n) is 2.39. The second kappa shape index (κ2) is 9.39. The molecule has 2 unspecified atom stereocenters. The average molecular weight is 245 g/mol. The van der Waals surface area contributed by atoms with Crippen molar-refractivity contribution in [2.24, 2.45) is 0 Å². The fourth-order valence-electron chi connectivity index (χ4n) is 1.68. The maximum absolute atomic E-state index is 11.7. The van der Waals surface area contributed by atoms with E-state index in [2.05, 4.69) is 22.5 Å². The molecule has 0 aliphatic carbocycles. The van der Waals surface area contributed by atoms with Crippen LogP contribution in [0.5, 0.6) is 0 Å². The number of nitrogens with zero attached hydrogens (tertiary/aromatic N) is 1. The quantitative estimate of drug-likeness (QED) is 0.564. The van der Waals surface area contributed by atoms with Crippen LogP contribution in [0.2, 0.25) is 0 Å². The Labute approximate surface area is 105 Å². The number of methoxy groups -OCH3 is 1. The minimum Gasteiger partial charge on any atom is -0.385 e. The van der Waals surface area contributed by atoms with Crippen LogP contribution >= 0.6 is 0 Å². The molecular weight excluding hydrogens is 218 g/mol. The molecular formula is C12H27N3O2. The first-order chi connectivity index (χ1) is 7.97. The Kier molecular flexibility index (Phi) is 9.03. The Bertz CT molecular complexity index is 210. The molecule has 17 heavy (non-hydrogen) atoms. The van der Waals surface area contributed by atoms with Gasteiger partial charge in [0, 0.05) is 32.8 Å². The predicted molar refractivity (Wildman–Crippen MR) is 70.1 cm³/mol. The summed E-state index contributed by atoms with van der Waals surface area (Å²) in [6.45, 7) is 6.23. The lowest BCUT2D eigenvalue weighted by molar-refractivity contribution is -0.123. The van der Waals surface area contributed by atoms with E-state index in [1.54, 1.807) is 7.11 Å². The molecule has 0 fully saturated rings. The van der Waals surface area contributed by atoms with Crippen LogP contribution in [0, 0.1) is 0 Å². The molecule has 0 bridgehead atoms. The Morgan fingerprint density at radius 2 is 2.00 bits per heavy atom. The van der Waals surface area contributed by atoms with Crippen molar-refractivity contribution in [2.75, 3.05) is 40.9 Å². The number of hydrogen-bond acceptors (Lipinski definition) is 4. The smallest absolute Gasteiger partial charge is 0.236 e. The standard InChI is InChI=1S/C12H27N3O2/c1-10(9-15(3)4)14-11(2)12(16)13-7-6-8-17-5/h10-11,14H,6-9H2,1-5H3,(H,13,16). The van der Waals surface area contributed by atoms with E-state index in [-0.39, 0.29) is 11.9 Å². The van der Waals surface area contributed by atoms with Crippen molar-refractivity contribution in [3.63, 3.8) is 0 Å². The maximum Gasteiger partial charge on any atom is 0.236 e. The van der Waals surface area contributed by atoms with Crippen LogP contribution in [0.15, 0.2) is 0 Å². The fourth-order valence-corrected chi connectivity index (χ4v) is 1.68. The zero-order chi connectivity index (χ0) is 13.3. The van der Waals surface area contributed by atoms with E-state index in [4.69, 9.17) is 4.74 Å². The van der Waals surface area contributed by atoms with E-state index in [1.165, 1.54) is 0 Å². The number of likely N-dealkylation sites (N-methyl/N-ethyl adjacent to an activating group) is 1. The van der Waals surface area contributed by atoms with Crippen molar-refractivity contribution >= 4 is 5.91 Å². The van der Waals surface area contributed by atoms with E-state index in [1.807, 2.05) is 21.0 Å². The van der Waals surface area contributed by atoms with Crippen LogP contribution in [0.25, 0.3) is 0 Å². The number of ether oxygens (including phenoxy) is 1. The molecule has 0 heterocycles. The minimum atomic E-state index is -0.160. The molecule has 5 heteroatoms. The zero-order valence-corrected chi connectivity index (χ0v) is 11.7. The molecule has 0 aliphatic heterocycles. The minimum absolute atomic E-state index is 0.0479. The molecule has 0 saturated heterocycles. The van der Waals surface area contributed by atoms with E-state index in [0.29, 0.717) is 19.2 Å². The van der Waals surface area contributed by atoms with Crippen LogP contribution in [-0.4, -0.2) is 63.8 Å². The number of carbonyl (C=O) groups excluding carboxylic acids is 1. The van der Waals surface area contributed by atoms with E-state index in [9.17, 15) is 4.79 Å². The highest BCUT2D eigenvalue weighted by Crippen LogP contribution is 1.90. The highest BCUT2D eigenvalue weighted by Gasteiger charge is 2.14. The van der Waals surface area contributed by atoms with Gasteiger partial charge in [0.2, 0.25) is 5.91 Å². The molecule has 0 radical (unpaired) electrons. The average Bonchev–Trinajstić information content (AvgIpc) is 2.22. The SMILES string of the molecule is COCCCNC(=O)C(C)NC(C)CN(C)C. The van der Waals surface area contributed by atoms with Gasteiger partial charge >= 0.3 is 0 Å². The highest BCUT2D eigenvalue weighted by atomic mass is 16.5. The zero-order valence-electron chi connectivity index (χ0n) is 11.7. The molecule has 2 N–H and O–H groups in total. The normalized spacial score (nSPS) is 14.7. The number of carbonyl (C=O) groups is 1. The molecule has 0 aromatic heterocycles. The maximum atomic E-state index is 11.7. The number of nitrogens with one attached hydrogen (secondary N) is 2. The highest BCUT2D eigenvalue weighted by molar-refractivity contribution is 5.81. The lowest BCUT2D eigenvalue weighted by Crippen LogP contribution is -2.48. The van der Waals surface area contributed by atoms with E-state index in [0.717, 1.165) is 13.0 Å². The second-order valence-corrected chi connectivity index (χ2v) is 4.69. The van der Waals surface area contributed by atoms with E-state index < -0.39 is 0 Å². The molecule has 0 aliphatic rings. The Morgan fingerprint density at radius 1 is 1.35 bits per heavy atom. The Hall–Kier alpha value is -0.650. The number of rotatable bonds is 9. The summed E-state index contributed by atoms with van der Waals surface area (Å²) >= 11 is 0. The summed E-state index contributed by atoms with van der Waals surface area (Å²) in [7, 11) is 5.70. The third kappa shape index (κ3) is 9.09. The van der Waals surface area contributed by atoms with Gasteiger partial charge in [-0.3, -0.25) is 4.79 Å². The first kappa shape index (κ1) is 16.4. The van der Waals surface area contributed by atoms with Gasteiger partial charge < -0.3 is 20.3 Å². The van der Waals surface area contributed by atoms with Gasteiger partial charge in [0.05, 0.1) is 6.04 Å². The van der Waals surface area contributed by atoms with Gasteiger partial charge in [0.25, 0.3) is 0 Å². The molecule has 0 aromatic rings. The van der Waals surface area contributed by atoms with Crippen molar-refractivity contribution in [3.8, 4) is 0 Å². The van der Waals surface area contributed by atoms with Gasteiger partial charge in [-0.05, 0) is 34.4 Å². The first-order valence-electron chi connectivity index (χ1n) is 6.14. The molecule has 102 valence electrons. The Balaban J connectivity index is 3.73.